The fourth-order valence-corrected chi connectivity index (χ4v) is 4.04. The maximum absolute atomic E-state index is 11.3. The molecule has 1 N–H and O–H groups in total. The first-order valence-electron chi connectivity index (χ1n) is 8.64. The van der Waals surface area contributed by atoms with E-state index >= 15 is 0 Å². The highest BCUT2D eigenvalue weighted by molar-refractivity contribution is 5.29. The molecule has 4 rings (SSSR count). The molecule has 0 amide bonds. The molecule has 128 valence electrons. The van der Waals surface area contributed by atoms with Crippen molar-refractivity contribution in [2.75, 3.05) is 13.2 Å². The monoisotopic (exact) mass is 335 g/mol. The van der Waals surface area contributed by atoms with E-state index in [0.717, 1.165) is 6.54 Å². The molecule has 2 aliphatic rings. The second kappa shape index (κ2) is 6.57. The molecule has 25 heavy (non-hydrogen) atoms. The van der Waals surface area contributed by atoms with Gasteiger partial charge in [0, 0.05) is 24.8 Å². The van der Waals surface area contributed by atoms with E-state index in [9.17, 15) is 5.11 Å². The normalized spacial score (nSPS) is 29.1. The Balaban J connectivity index is 1.56. The lowest BCUT2D eigenvalue weighted by Gasteiger charge is -2.51. The molecule has 2 saturated heterocycles. The highest BCUT2D eigenvalue weighted by atomic mass is 16.5. The van der Waals surface area contributed by atoms with Crippen LogP contribution in [0.3, 0.4) is 0 Å². The standard InChI is InChI=1S/C20H21N3O2/c21-10-16-6-7-19(22-11-16)20(24)8-17-13-25-14-18(9-20)23(17)12-15-4-2-1-3-5-15/h1-7,11,17-18,24H,8-9,12-14H2. The SMILES string of the molecule is N#Cc1ccc(C2(O)CC3COCC(C2)N3Cc2ccccc2)nc1. The van der Waals surface area contributed by atoms with Gasteiger partial charge in [-0.1, -0.05) is 30.3 Å². The van der Waals surface area contributed by atoms with E-state index in [1.165, 1.54) is 11.8 Å². The van der Waals surface area contributed by atoms with Crippen molar-refractivity contribution in [1.82, 2.24) is 9.88 Å². The molecule has 2 bridgehead atoms. The lowest BCUT2D eigenvalue weighted by atomic mass is 9.78. The maximum atomic E-state index is 11.3. The number of hydrogen-bond donors (Lipinski definition) is 1. The van der Waals surface area contributed by atoms with E-state index in [1.807, 2.05) is 6.07 Å². The van der Waals surface area contributed by atoms with Crippen LogP contribution >= 0.6 is 0 Å². The zero-order valence-electron chi connectivity index (χ0n) is 14.0. The molecule has 2 fully saturated rings. The minimum atomic E-state index is -0.958. The minimum Gasteiger partial charge on any atom is -0.383 e. The molecule has 3 heterocycles. The van der Waals surface area contributed by atoms with Gasteiger partial charge in [0.2, 0.25) is 0 Å². The van der Waals surface area contributed by atoms with Gasteiger partial charge in [-0.3, -0.25) is 9.88 Å². The summed E-state index contributed by atoms with van der Waals surface area (Å²) in [5, 5.41) is 20.2. The number of aliphatic hydroxyl groups is 1. The van der Waals surface area contributed by atoms with E-state index < -0.39 is 5.60 Å². The molecule has 5 heteroatoms. The number of nitriles is 1. The summed E-state index contributed by atoms with van der Waals surface area (Å²) in [7, 11) is 0. The third-order valence-electron chi connectivity index (χ3n) is 5.28. The molecule has 0 spiro atoms. The van der Waals surface area contributed by atoms with Gasteiger partial charge in [0.25, 0.3) is 0 Å². The Morgan fingerprint density at radius 2 is 1.88 bits per heavy atom. The molecule has 1 aromatic heterocycles. The summed E-state index contributed by atoms with van der Waals surface area (Å²) in [5.41, 5.74) is 1.49. The van der Waals surface area contributed by atoms with Crippen molar-refractivity contribution in [2.45, 2.75) is 37.1 Å². The van der Waals surface area contributed by atoms with Crippen molar-refractivity contribution < 1.29 is 9.84 Å². The van der Waals surface area contributed by atoms with Crippen LogP contribution in [0.15, 0.2) is 48.7 Å². The highest BCUT2D eigenvalue weighted by Gasteiger charge is 2.47. The topological polar surface area (TPSA) is 69.4 Å². The van der Waals surface area contributed by atoms with Crippen LogP contribution in [0.5, 0.6) is 0 Å². The maximum Gasteiger partial charge on any atom is 0.110 e. The first kappa shape index (κ1) is 16.2. The summed E-state index contributed by atoms with van der Waals surface area (Å²) in [6, 6.07) is 16.3. The Morgan fingerprint density at radius 3 is 2.48 bits per heavy atom. The number of benzene rings is 1. The lowest BCUT2D eigenvalue weighted by molar-refractivity contribution is -0.150. The summed E-state index contributed by atoms with van der Waals surface area (Å²) >= 11 is 0. The van der Waals surface area contributed by atoms with E-state index in [-0.39, 0.29) is 12.1 Å². The predicted octanol–water partition coefficient (Wildman–Crippen LogP) is 2.20. The van der Waals surface area contributed by atoms with Gasteiger partial charge in [0.05, 0.1) is 24.5 Å². The molecule has 2 unspecified atom stereocenters. The Labute approximate surface area is 147 Å². The smallest absolute Gasteiger partial charge is 0.110 e. The van der Waals surface area contributed by atoms with Crippen LogP contribution in [0.25, 0.3) is 0 Å². The average Bonchev–Trinajstić information content (AvgIpc) is 2.64. The predicted molar refractivity (Wildman–Crippen MR) is 92.5 cm³/mol. The van der Waals surface area contributed by atoms with Gasteiger partial charge >= 0.3 is 0 Å². The zero-order valence-corrected chi connectivity index (χ0v) is 14.0. The Bertz CT molecular complexity index is 756. The molecule has 5 nitrogen and oxygen atoms in total. The van der Waals surface area contributed by atoms with Gasteiger partial charge in [-0.2, -0.15) is 5.26 Å². The number of aromatic nitrogens is 1. The summed E-state index contributed by atoms with van der Waals surface area (Å²) in [6.07, 6.45) is 2.72. The highest BCUT2D eigenvalue weighted by Crippen LogP contribution is 2.40. The Kier molecular flexibility index (Phi) is 4.26. The molecule has 0 radical (unpaired) electrons. The molecular formula is C20H21N3O2. The van der Waals surface area contributed by atoms with Crippen molar-refractivity contribution in [3.63, 3.8) is 0 Å². The first-order chi connectivity index (χ1) is 12.2. The summed E-state index contributed by atoms with van der Waals surface area (Å²) in [6.45, 7) is 2.13. The van der Waals surface area contributed by atoms with Crippen LogP contribution < -0.4 is 0 Å². The average molecular weight is 335 g/mol. The molecule has 2 aromatic rings. The van der Waals surface area contributed by atoms with E-state index in [1.54, 1.807) is 12.1 Å². The summed E-state index contributed by atoms with van der Waals surface area (Å²) in [4.78, 5) is 6.80. The fraction of sp³-hybridized carbons (Fsp3) is 0.400. The largest absolute Gasteiger partial charge is 0.383 e. The van der Waals surface area contributed by atoms with Crippen LogP contribution in [-0.4, -0.2) is 40.3 Å². The number of rotatable bonds is 3. The number of piperidine rings is 1. The number of hydrogen-bond acceptors (Lipinski definition) is 5. The van der Waals surface area contributed by atoms with Gasteiger partial charge in [-0.15, -0.1) is 0 Å². The fourth-order valence-electron chi connectivity index (χ4n) is 4.04. The van der Waals surface area contributed by atoms with Crippen molar-refractivity contribution in [2.24, 2.45) is 0 Å². The summed E-state index contributed by atoms with van der Waals surface area (Å²) < 4.78 is 5.75. The van der Waals surface area contributed by atoms with E-state index in [4.69, 9.17) is 10.00 Å². The van der Waals surface area contributed by atoms with Crippen molar-refractivity contribution in [1.29, 1.82) is 5.26 Å². The first-order valence-corrected chi connectivity index (χ1v) is 8.64. The molecule has 0 aliphatic carbocycles. The Hall–Kier alpha value is -2.26. The number of morpholine rings is 1. The number of nitrogens with zero attached hydrogens (tertiary/aromatic N) is 3. The van der Waals surface area contributed by atoms with Crippen LogP contribution in [0.1, 0.15) is 29.7 Å². The van der Waals surface area contributed by atoms with Crippen LogP contribution in [0, 0.1) is 11.3 Å². The van der Waals surface area contributed by atoms with Gasteiger partial charge < -0.3 is 9.84 Å². The molecule has 2 atom stereocenters. The van der Waals surface area contributed by atoms with E-state index in [2.05, 4.69) is 40.2 Å². The number of pyridine rings is 1. The molecular weight excluding hydrogens is 314 g/mol. The quantitative estimate of drug-likeness (QED) is 0.931. The molecule has 1 aromatic carbocycles. The molecule has 0 saturated carbocycles. The zero-order chi connectivity index (χ0) is 17.3. The summed E-state index contributed by atoms with van der Waals surface area (Å²) in [5.74, 6) is 0. The minimum absolute atomic E-state index is 0.162. The Morgan fingerprint density at radius 1 is 1.16 bits per heavy atom. The number of fused-ring (bicyclic) bond motifs is 2. The lowest BCUT2D eigenvalue weighted by Crippen LogP contribution is -2.60. The van der Waals surface area contributed by atoms with E-state index in [0.29, 0.717) is 37.3 Å². The van der Waals surface area contributed by atoms with Crippen molar-refractivity contribution in [3.05, 3.63) is 65.5 Å². The van der Waals surface area contributed by atoms with Crippen LogP contribution in [0.4, 0.5) is 0 Å². The molecule has 2 aliphatic heterocycles. The van der Waals surface area contributed by atoms with Gasteiger partial charge in [0.15, 0.2) is 0 Å². The number of ether oxygens (including phenoxy) is 1. The van der Waals surface area contributed by atoms with Gasteiger partial charge in [0.1, 0.15) is 11.7 Å². The third kappa shape index (κ3) is 3.16. The third-order valence-corrected chi connectivity index (χ3v) is 5.28. The van der Waals surface area contributed by atoms with Gasteiger partial charge in [-0.05, 0) is 30.5 Å². The van der Waals surface area contributed by atoms with Crippen LogP contribution in [-0.2, 0) is 16.9 Å². The van der Waals surface area contributed by atoms with Crippen molar-refractivity contribution >= 4 is 0 Å². The second-order valence-electron chi connectivity index (χ2n) is 6.99. The van der Waals surface area contributed by atoms with Crippen molar-refractivity contribution in [3.8, 4) is 6.07 Å². The van der Waals surface area contributed by atoms with Crippen LogP contribution in [0.2, 0.25) is 0 Å². The second-order valence-corrected chi connectivity index (χ2v) is 6.99. The van der Waals surface area contributed by atoms with Gasteiger partial charge in [-0.25, -0.2) is 0 Å².